The Morgan fingerprint density at radius 3 is 2.50 bits per heavy atom. The van der Waals surface area contributed by atoms with Crippen molar-refractivity contribution in [3.8, 4) is 10.4 Å². The van der Waals surface area contributed by atoms with Crippen LogP contribution in [-0.2, 0) is 12.7 Å². The molecule has 0 spiro atoms. The summed E-state index contributed by atoms with van der Waals surface area (Å²) in [5.41, 5.74) is 3.61. The van der Waals surface area contributed by atoms with Gasteiger partial charge in [-0.1, -0.05) is 48.0 Å². The van der Waals surface area contributed by atoms with Crippen LogP contribution >= 0.6 is 23.6 Å². The Morgan fingerprint density at radius 2 is 1.74 bits per heavy atom. The number of hydrogen-bond donors (Lipinski definition) is 0. The molecule has 0 amide bonds. The second kappa shape index (κ2) is 8.21. The molecule has 0 N–H and O–H groups in total. The van der Waals surface area contributed by atoms with E-state index in [1.807, 2.05) is 44.2 Å². The number of hydrogen-bond acceptors (Lipinski definition) is 3. The number of aryl methyl sites for hydroxylation is 2. The minimum atomic E-state index is -4.47. The third kappa shape index (κ3) is 3.76. The van der Waals surface area contributed by atoms with Gasteiger partial charge in [0.05, 0.1) is 27.9 Å². The summed E-state index contributed by atoms with van der Waals surface area (Å²) in [7, 11) is 0. The minimum absolute atomic E-state index is 0.211. The summed E-state index contributed by atoms with van der Waals surface area (Å²) in [6.45, 7) is 4.24. The van der Waals surface area contributed by atoms with Gasteiger partial charge in [0, 0.05) is 0 Å². The Morgan fingerprint density at radius 1 is 0.971 bits per heavy atom. The first-order chi connectivity index (χ1) is 16.1. The van der Waals surface area contributed by atoms with Crippen LogP contribution in [0.2, 0.25) is 0 Å². The van der Waals surface area contributed by atoms with E-state index in [4.69, 9.17) is 12.2 Å². The van der Waals surface area contributed by atoms with Crippen LogP contribution in [0, 0.1) is 17.8 Å². The largest absolute Gasteiger partial charge is 0.416 e. The van der Waals surface area contributed by atoms with Crippen molar-refractivity contribution in [2.24, 2.45) is 0 Å². The maximum Gasteiger partial charge on any atom is 0.416 e. The van der Waals surface area contributed by atoms with Crippen LogP contribution in [0.3, 0.4) is 0 Å². The maximum absolute atomic E-state index is 13.7. The van der Waals surface area contributed by atoms with Crippen molar-refractivity contribution in [3.05, 3.63) is 103 Å². The first-order valence-electron chi connectivity index (χ1n) is 10.6. The molecule has 5 aromatic rings. The Labute approximate surface area is 202 Å². The number of nitrogens with zero attached hydrogens (tertiary/aromatic N) is 2. The standard InChI is InChI=1S/C26H19F3N2OS2/c1-15-10-11-16(2)18(12-15)14-30-23-22(17-6-5-7-19(13-17)26(27,28)29)34-25(33)31(23)21-9-4-3-8-20(21)24(30)32/h3-13H,14H2,1-2H3. The minimum Gasteiger partial charge on any atom is -0.288 e. The summed E-state index contributed by atoms with van der Waals surface area (Å²) in [4.78, 5) is 14.2. The van der Waals surface area contributed by atoms with Crippen LogP contribution < -0.4 is 5.56 Å². The number of benzene rings is 3. The molecule has 0 aliphatic heterocycles. The van der Waals surface area contributed by atoms with E-state index in [0.29, 0.717) is 30.9 Å². The summed E-state index contributed by atoms with van der Waals surface area (Å²) in [6.07, 6.45) is -4.47. The zero-order valence-corrected chi connectivity index (χ0v) is 19.9. The predicted molar refractivity (Wildman–Crippen MR) is 133 cm³/mol. The van der Waals surface area contributed by atoms with E-state index < -0.39 is 11.7 Å². The molecule has 2 aromatic heterocycles. The molecule has 172 valence electrons. The molecule has 0 aliphatic rings. The third-order valence-corrected chi connectivity index (χ3v) is 7.36. The maximum atomic E-state index is 13.7. The van der Waals surface area contributed by atoms with E-state index in [2.05, 4.69) is 0 Å². The zero-order valence-electron chi connectivity index (χ0n) is 18.3. The van der Waals surface area contributed by atoms with Gasteiger partial charge in [-0.2, -0.15) is 13.2 Å². The molecule has 0 radical (unpaired) electrons. The van der Waals surface area contributed by atoms with E-state index in [-0.39, 0.29) is 12.1 Å². The molecule has 3 nitrogen and oxygen atoms in total. The molecule has 2 heterocycles. The van der Waals surface area contributed by atoms with Gasteiger partial charge >= 0.3 is 6.18 Å². The topological polar surface area (TPSA) is 26.4 Å². The second-order valence-electron chi connectivity index (χ2n) is 8.27. The summed E-state index contributed by atoms with van der Waals surface area (Å²) in [5, 5.41) is 0.504. The summed E-state index contributed by atoms with van der Waals surface area (Å²) in [5.74, 6) is 0. The van der Waals surface area contributed by atoms with Gasteiger partial charge in [0.1, 0.15) is 5.65 Å². The molecule has 0 fully saturated rings. The summed E-state index contributed by atoms with van der Waals surface area (Å²) < 4.78 is 44.2. The summed E-state index contributed by atoms with van der Waals surface area (Å²) >= 11 is 6.87. The van der Waals surface area contributed by atoms with Crippen molar-refractivity contribution in [1.82, 2.24) is 8.97 Å². The first-order valence-corrected chi connectivity index (χ1v) is 11.8. The lowest BCUT2D eigenvalue weighted by molar-refractivity contribution is -0.137. The van der Waals surface area contributed by atoms with Crippen molar-refractivity contribution < 1.29 is 13.2 Å². The molecule has 0 bridgehead atoms. The number of halogens is 3. The fourth-order valence-electron chi connectivity index (χ4n) is 4.23. The average Bonchev–Trinajstić information content (AvgIpc) is 3.15. The lowest BCUT2D eigenvalue weighted by Gasteiger charge is -2.15. The van der Waals surface area contributed by atoms with Crippen molar-refractivity contribution in [3.63, 3.8) is 0 Å². The van der Waals surface area contributed by atoms with Gasteiger partial charge in [-0.25, -0.2) is 0 Å². The van der Waals surface area contributed by atoms with Crippen LogP contribution in [0.4, 0.5) is 13.2 Å². The highest BCUT2D eigenvalue weighted by atomic mass is 32.1. The van der Waals surface area contributed by atoms with Gasteiger partial charge in [0.15, 0.2) is 3.95 Å². The normalized spacial score (nSPS) is 12.0. The Hall–Kier alpha value is -3.23. The van der Waals surface area contributed by atoms with Crippen LogP contribution in [0.5, 0.6) is 0 Å². The molecule has 0 unspecified atom stereocenters. The van der Waals surface area contributed by atoms with Crippen molar-refractivity contribution in [1.29, 1.82) is 0 Å². The number of thiazole rings is 1. The number of alkyl halides is 3. The molecule has 0 atom stereocenters. The third-order valence-electron chi connectivity index (χ3n) is 5.95. The lowest BCUT2D eigenvalue weighted by Crippen LogP contribution is -2.24. The Bertz CT molecular complexity index is 1690. The molecule has 0 saturated heterocycles. The van der Waals surface area contributed by atoms with E-state index in [9.17, 15) is 18.0 Å². The number of aromatic nitrogens is 2. The van der Waals surface area contributed by atoms with Gasteiger partial charge in [-0.3, -0.25) is 13.8 Å². The van der Waals surface area contributed by atoms with E-state index >= 15 is 0 Å². The van der Waals surface area contributed by atoms with Crippen LogP contribution in [-0.4, -0.2) is 8.97 Å². The molecular formula is C26H19F3N2OS2. The second-order valence-corrected chi connectivity index (χ2v) is 9.92. The van der Waals surface area contributed by atoms with Gasteiger partial charge < -0.3 is 0 Å². The number of para-hydroxylation sites is 1. The van der Waals surface area contributed by atoms with Crippen molar-refractivity contribution in [2.75, 3.05) is 0 Å². The van der Waals surface area contributed by atoms with E-state index in [1.165, 1.54) is 17.4 Å². The highest BCUT2D eigenvalue weighted by molar-refractivity contribution is 7.73. The number of rotatable bonds is 3. The molecule has 3 aromatic carbocycles. The van der Waals surface area contributed by atoms with Crippen LogP contribution in [0.1, 0.15) is 22.3 Å². The van der Waals surface area contributed by atoms with Gasteiger partial charge in [-0.05, 0) is 67.0 Å². The van der Waals surface area contributed by atoms with Gasteiger partial charge in [-0.15, -0.1) is 11.3 Å². The SMILES string of the molecule is Cc1ccc(C)c(Cn2c(=O)c3ccccc3n3c(=S)sc(-c4cccc(C(F)(F)F)c4)c23)c1. The predicted octanol–water partition coefficient (Wildman–Crippen LogP) is 7.40. The highest BCUT2D eigenvalue weighted by Gasteiger charge is 2.31. The van der Waals surface area contributed by atoms with Crippen molar-refractivity contribution in [2.45, 2.75) is 26.6 Å². The Balaban J connectivity index is 1.89. The number of fused-ring (bicyclic) bond motifs is 3. The fourth-order valence-corrected chi connectivity index (χ4v) is 5.65. The molecule has 5 rings (SSSR count). The first kappa shape index (κ1) is 22.6. The smallest absolute Gasteiger partial charge is 0.288 e. The van der Waals surface area contributed by atoms with Gasteiger partial charge in [0.25, 0.3) is 5.56 Å². The zero-order chi connectivity index (χ0) is 24.2. The van der Waals surface area contributed by atoms with E-state index in [1.54, 1.807) is 27.2 Å². The van der Waals surface area contributed by atoms with Crippen LogP contribution in [0.15, 0.2) is 71.5 Å². The van der Waals surface area contributed by atoms with E-state index in [0.717, 1.165) is 28.8 Å². The molecule has 0 aliphatic carbocycles. The quantitative estimate of drug-likeness (QED) is 0.243. The molecule has 0 saturated carbocycles. The average molecular weight is 497 g/mol. The monoisotopic (exact) mass is 496 g/mol. The molecular weight excluding hydrogens is 477 g/mol. The summed E-state index contributed by atoms with van der Waals surface area (Å²) in [6, 6.07) is 18.4. The highest BCUT2D eigenvalue weighted by Crippen LogP contribution is 2.37. The molecule has 8 heteroatoms. The Kier molecular flexibility index (Phi) is 5.45. The fraction of sp³-hybridized carbons (Fsp3) is 0.154. The lowest BCUT2D eigenvalue weighted by atomic mass is 10.1. The van der Waals surface area contributed by atoms with Crippen LogP contribution in [0.25, 0.3) is 27.0 Å². The molecule has 34 heavy (non-hydrogen) atoms. The van der Waals surface area contributed by atoms with Gasteiger partial charge in [0.2, 0.25) is 0 Å². The van der Waals surface area contributed by atoms with Crippen molar-refractivity contribution >= 4 is 40.1 Å².